The first kappa shape index (κ1) is 28.4. The Morgan fingerprint density at radius 2 is 1.10 bits per heavy atom. The molecule has 4 amide bonds. The maximum absolute atomic E-state index is 11.4. The molecule has 0 aromatic carbocycles. The van der Waals surface area contributed by atoms with Gasteiger partial charge in [0.25, 0.3) is 5.91 Å². The summed E-state index contributed by atoms with van der Waals surface area (Å²) in [5.41, 5.74) is 6.85. The van der Waals surface area contributed by atoms with E-state index in [0.29, 0.717) is 51.1 Å². The predicted molar refractivity (Wildman–Crippen MR) is 115 cm³/mol. The summed E-state index contributed by atoms with van der Waals surface area (Å²) in [7, 11) is 0. The Balaban J connectivity index is 3.23. The number of primary amides is 1. The first-order chi connectivity index (χ1) is 14.5. The van der Waals surface area contributed by atoms with Crippen LogP contribution < -0.4 is 27.6 Å². The molecule has 0 saturated carbocycles. The van der Waals surface area contributed by atoms with Crippen LogP contribution in [0, 0.1) is 0 Å². The molecule has 12 nitrogen and oxygen atoms in total. The van der Waals surface area contributed by atoms with Crippen molar-refractivity contribution in [2.45, 2.75) is 0 Å². The van der Waals surface area contributed by atoms with Crippen molar-refractivity contribution in [2.75, 3.05) is 75.7 Å². The van der Waals surface area contributed by atoms with Crippen LogP contribution in [0.15, 0.2) is 0 Å². The number of nitrogens with two attached hydrogens (primary N) is 2. The number of hydrogen-bond donors (Lipinski definition) is 5. The summed E-state index contributed by atoms with van der Waals surface area (Å²) in [5.74, 6) is 5.20. The summed E-state index contributed by atoms with van der Waals surface area (Å²) in [6, 6.07) is 0. The molecule has 0 unspecified atom stereocenters. The SMILES string of the molecule is NNC(=O)CNC(=O)CSCCOCCOCCOCCSCC(=O)NCC(N)=O. The van der Waals surface area contributed by atoms with Crippen LogP contribution in [0.1, 0.15) is 0 Å². The zero-order chi connectivity index (χ0) is 22.5. The number of carbonyl (C=O) groups is 4. The van der Waals surface area contributed by atoms with Crippen molar-refractivity contribution in [3.8, 4) is 0 Å². The van der Waals surface area contributed by atoms with Gasteiger partial charge in [-0.1, -0.05) is 0 Å². The first-order valence-corrected chi connectivity index (χ1v) is 11.5. The molecule has 0 aromatic heterocycles. The first-order valence-electron chi connectivity index (χ1n) is 9.15. The minimum Gasteiger partial charge on any atom is -0.378 e. The monoisotopic (exact) mass is 469 g/mol. The third-order valence-electron chi connectivity index (χ3n) is 3.02. The van der Waals surface area contributed by atoms with Crippen molar-refractivity contribution >= 4 is 47.2 Å². The molecule has 0 fully saturated rings. The topological polar surface area (TPSA) is 184 Å². The largest absolute Gasteiger partial charge is 0.378 e. The van der Waals surface area contributed by atoms with Crippen molar-refractivity contribution < 1.29 is 33.4 Å². The van der Waals surface area contributed by atoms with Crippen LogP contribution in [0.3, 0.4) is 0 Å². The van der Waals surface area contributed by atoms with Gasteiger partial charge in [-0.25, -0.2) is 5.84 Å². The Hall–Kier alpha value is -1.58. The molecule has 0 heterocycles. The Bertz CT molecular complexity index is 514. The lowest BCUT2D eigenvalue weighted by atomic mass is 10.5. The number of rotatable bonds is 20. The number of thioether (sulfide) groups is 2. The van der Waals surface area contributed by atoms with Crippen LogP contribution in [0.5, 0.6) is 0 Å². The molecule has 0 aromatic rings. The van der Waals surface area contributed by atoms with Crippen molar-refractivity contribution in [2.24, 2.45) is 11.6 Å². The fourth-order valence-corrected chi connectivity index (χ4v) is 2.96. The van der Waals surface area contributed by atoms with E-state index < -0.39 is 11.8 Å². The van der Waals surface area contributed by atoms with Gasteiger partial charge in [-0.3, -0.25) is 24.6 Å². The number of hydrogen-bond acceptors (Lipinski definition) is 10. The number of hydrazine groups is 1. The van der Waals surface area contributed by atoms with Crippen molar-refractivity contribution in [1.82, 2.24) is 16.1 Å². The van der Waals surface area contributed by atoms with E-state index in [1.165, 1.54) is 23.5 Å². The van der Waals surface area contributed by atoms with Crippen LogP contribution in [0.4, 0.5) is 0 Å². The highest BCUT2D eigenvalue weighted by Gasteiger charge is 2.04. The van der Waals surface area contributed by atoms with Crippen molar-refractivity contribution in [3.63, 3.8) is 0 Å². The van der Waals surface area contributed by atoms with E-state index >= 15 is 0 Å². The Labute approximate surface area is 184 Å². The average Bonchev–Trinajstić information content (AvgIpc) is 2.73. The maximum Gasteiger partial charge on any atom is 0.253 e. The van der Waals surface area contributed by atoms with E-state index in [9.17, 15) is 19.2 Å². The molecule has 0 rings (SSSR count). The average molecular weight is 470 g/mol. The summed E-state index contributed by atoms with van der Waals surface area (Å²) in [6.07, 6.45) is 0. The van der Waals surface area contributed by atoms with Crippen molar-refractivity contribution in [1.29, 1.82) is 0 Å². The molecule has 0 aliphatic rings. The van der Waals surface area contributed by atoms with E-state index in [1.54, 1.807) is 0 Å². The van der Waals surface area contributed by atoms with E-state index in [4.69, 9.17) is 25.8 Å². The van der Waals surface area contributed by atoms with Gasteiger partial charge in [-0.2, -0.15) is 0 Å². The molecule has 0 radical (unpaired) electrons. The molecule has 30 heavy (non-hydrogen) atoms. The standard InChI is InChI=1S/C16H31N5O7S2/c17-13(22)9-19-15(24)11-29-7-5-27-3-1-26-2-4-28-6-8-30-12-16(25)20-10-14(23)21-18/h1-12,18H2,(H2,17,22)(H,19,24)(H,20,25)(H,21,23). The molecule has 0 spiro atoms. The maximum atomic E-state index is 11.4. The summed E-state index contributed by atoms with van der Waals surface area (Å²) in [6.45, 7) is 2.48. The quantitative estimate of drug-likeness (QED) is 0.0540. The minimum absolute atomic E-state index is 0.137. The Kier molecular flexibility index (Phi) is 19.6. The highest BCUT2D eigenvalue weighted by atomic mass is 32.2. The van der Waals surface area contributed by atoms with Crippen molar-refractivity contribution in [3.05, 3.63) is 0 Å². The lowest BCUT2D eigenvalue weighted by Gasteiger charge is -2.07. The fourth-order valence-electron chi connectivity index (χ4n) is 1.62. The van der Waals surface area contributed by atoms with E-state index in [-0.39, 0.29) is 36.4 Å². The second-order valence-corrected chi connectivity index (χ2v) is 7.74. The summed E-state index contributed by atoms with van der Waals surface area (Å²) >= 11 is 2.80. The van der Waals surface area contributed by atoms with Gasteiger partial charge in [0.15, 0.2) is 0 Å². The zero-order valence-corrected chi connectivity index (χ0v) is 18.4. The van der Waals surface area contributed by atoms with Crippen LogP contribution in [-0.2, 0) is 33.4 Å². The van der Waals surface area contributed by atoms with Gasteiger partial charge >= 0.3 is 0 Å². The fraction of sp³-hybridized carbons (Fsp3) is 0.750. The van der Waals surface area contributed by atoms with E-state index in [2.05, 4.69) is 10.6 Å². The lowest BCUT2D eigenvalue weighted by Crippen LogP contribution is -2.40. The summed E-state index contributed by atoms with van der Waals surface area (Å²) in [4.78, 5) is 44.1. The Morgan fingerprint density at radius 3 is 1.53 bits per heavy atom. The van der Waals surface area contributed by atoms with E-state index in [0.717, 1.165) is 0 Å². The van der Waals surface area contributed by atoms with Gasteiger partial charge in [0.1, 0.15) is 0 Å². The third-order valence-corrected chi connectivity index (χ3v) is 4.86. The highest BCUT2D eigenvalue weighted by Crippen LogP contribution is 1.99. The van der Waals surface area contributed by atoms with Gasteiger partial charge < -0.3 is 30.6 Å². The molecule has 0 saturated heterocycles. The van der Waals surface area contributed by atoms with Crippen LogP contribution in [0.25, 0.3) is 0 Å². The molecule has 0 aliphatic carbocycles. The van der Waals surface area contributed by atoms with Crippen LogP contribution in [-0.4, -0.2) is 99.4 Å². The van der Waals surface area contributed by atoms with Gasteiger partial charge in [-0.15, -0.1) is 23.5 Å². The molecule has 7 N–H and O–H groups in total. The van der Waals surface area contributed by atoms with E-state index in [1.807, 2.05) is 5.43 Å². The van der Waals surface area contributed by atoms with Gasteiger partial charge in [0, 0.05) is 11.5 Å². The number of carbonyl (C=O) groups excluding carboxylic acids is 4. The van der Waals surface area contributed by atoms with Crippen LogP contribution >= 0.6 is 23.5 Å². The molecule has 14 heteroatoms. The molecule has 0 bridgehead atoms. The number of ether oxygens (including phenoxy) is 3. The van der Waals surface area contributed by atoms with Gasteiger partial charge in [0.2, 0.25) is 17.7 Å². The third kappa shape index (κ3) is 21.1. The minimum atomic E-state index is -0.572. The zero-order valence-electron chi connectivity index (χ0n) is 16.8. The number of nitrogens with one attached hydrogen (secondary N) is 3. The second-order valence-electron chi connectivity index (χ2n) is 5.53. The number of amides is 4. The lowest BCUT2D eigenvalue weighted by molar-refractivity contribution is -0.124. The molecule has 174 valence electrons. The summed E-state index contributed by atoms with van der Waals surface area (Å²) in [5, 5.41) is 4.84. The summed E-state index contributed by atoms with van der Waals surface area (Å²) < 4.78 is 16.1. The molecular formula is C16H31N5O7S2. The smallest absolute Gasteiger partial charge is 0.253 e. The molecule has 0 aliphatic heterocycles. The predicted octanol–water partition coefficient (Wildman–Crippen LogP) is -2.79. The van der Waals surface area contributed by atoms with Crippen LogP contribution in [0.2, 0.25) is 0 Å². The molecular weight excluding hydrogens is 438 g/mol. The Morgan fingerprint density at radius 1 is 0.667 bits per heavy atom. The highest BCUT2D eigenvalue weighted by molar-refractivity contribution is 8.00. The van der Waals surface area contributed by atoms with Gasteiger partial charge in [0.05, 0.1) is 64.2 Å². The second kappa shape index (κ2) is 20.7. The van der Waals surface area contributed by atoms with Gasteiger partial charge in [-0.05, 0) is 0 Å². The molecule has 0 atom stereocenters. The normalized spacial score (nSPS) is 10.4.